The average molecular weight is 238 g/mol. The highest BCUT2D eigenvalue weighted by Gasteiger charge is 2.29. The van der Waals surface area contributed by atoms with Crippen LogP contribution in [0.1, 0.15) is 57.8 Å². The molecule has 1 saturated heterocycles. The van der Waals surface area contributed by atoms with Crippen LogP contribution in [0, 0.1) is 11.8 Å². The molecule has 0 amide bonds. The van der Waals surface area contributed by atoms with Crippen molar-refractivity contribution in [3.8, 4) is 0 Å². The molecule has 2 N–H and O–H groups in total. The van der Waals surface area contributed by atoms with Gasteiger partial charge in [0.2, 0.25) is 0 Å². The second kappa shape index (κ2) is 7.38. The van der Waals surface area contributed by atoms with Crippen molar-refractivity contribution in [2.45, 2.75) is 57.8 Å². The molecule has 0 spiro atoms. The molecular formula is C15H30N2. The third-order valence-corrected chi connectivity index (χ3v) is 4.60. The molecule has 2 heteroatoms. The van der Waals surface area contributed by atoms with Crippen molar-refractivity contribution in [1.29, 1.82) is 0 Å². The third kappa shape index (κ3) is 4.59. The van der Waals surface area contributed by atoms with Crippen molar-refractivity contribution in [1.82, 2.24) is 4.90 Å². The number of likely N-dealkylation sites (tertiary alicyclic amines) is 1. The molecule has 2 rings (SSSR count). The maximum absolute atomic E-state index is 5.50. The zero-order chi connectivity index (χ0) is 11.9. The first-order chi connectivity index (χ1) is 8.38. The van der Waals surface area contributed by atoms with E-state index in [1.807, 2.05) is 0 Å². The SMILES string of the molecule is NCCCCCCCN1CC2CCCC(C2)C1. The van der Waals surface area contributed by atoms with Crippen molar-refractivity contribution in [3.63, 3.8) is 0 Å². The van der Waals surface area contributed by atoms with E-state index in [0.29, 0.717) is 0 Å². The van der Waals surface area contributed by atoms with Gasteiger partial charge in [-0.1, -0.05) is 25.7 Å². The van der Waals surface area contributed by atoms with E-state index >= 15 is 0 Å². The molecule has 2 fully saturated rings. The van der Waals surface area contributed by atoms with Gasteiger partial charge in [0.15, 0.2) is 0 Å². The van der Waals surface area contributed by atoms with Crippen molar-refractivity contribution in [2.24, 2.45) is 17.6 Å². The van der Waals surface area contributed by atoms with Crippen LogP contribution in [0.2, 0.25) is 0 Å². The van der Waals surface area contributed by atoms with Crippen LogP contribution in [0.5, 0.6) is 0 Å². The molecule has 2 unspecified atom stereocenters. The summed E-state index contributed by atoms with van der Waals surface area (Å²) in [6, 6.07) is 0. The van der Waals surface area contributed by atoms with Gasteiger partial charge in [0.25, 0.3) is 0 Å². The van der Waals surface area contributed by atoms with Crippen molar-refractivity contribution in [2.75, 3.05) is 26.2 Å². The van der Waals surface area contributed by atoms with Gasteiger partial charge in [-0.05, 0) is 57.0 Å². The summed E-state index contributed by atoms with van der Waals surface area (Å²) in [5, 5.41) is 0. The van der Waals surface area contributed by atoms with Crippen LogP contribution < -0.4 is 5.73 Å². The van der Waals surface area contributed by atoms with Gasteiger partial charge in [0.05, 0.1) is 0 Å². The van der Waals surface area contributed by atoms with Gasteiger partial charge in [0, 0.05) is 13.1 Å². The maximum atomic E-state index is 5.50. The van der Waals surface area contributed by atoms with Gasteiger partial charge in [-0.15, -0.1) is 0 Å². The number of hydrogen-bond donors (Lipinski definition) is 1. The Morgan fingerprint density at radius 3 is 2.24 bits per heavy atom. The van der Waals surface area contributed by atoms with Crippen molar-refractivity contribution < 1.29 is 0 Å². The summed E-state index contributed by atoms with van der Waals surface area (Å²) in [6.07, 6.45) is 12.8. The number of fused-ring (bicyclic) bond motifs is 2. The Hall–Kier alpha value is -0.0800. The Labute approximate surface area is 107 Å². The van der Waals surface area contributed by atoms with Crippen LogP contribution in [0.3, 0.4) is 0 Å². The lowest BCUT2D eigenvalue weighted by molar-refractivity contribution is 0.0848. The highest BCUT2D eigenvalue weighted by atomic mass is 15.1. The van der Waals surface area contributed by atoms with Gasteiger partial charge in [-0.3, -0.25) is 0 Å². The summed E-state index contributed by atoms with van der Waals surface area (Å²) in [6.45, 7) is 5.03. The molecule has 0 aromatic rings. The van der Waals surface area contributed by atoms with Crippen LogP contribution in [-0.2, 0) is 0 Å². The molecule has 100 valence electrons. The Morgan fingerprint density at radius 2 is 1.53 bits per heavy atom. The lowest BCUT2D eigenvalue weighted by Crippen LogP contribution is -2.42. The number of piperidine rings is 1. The zero-order valence-corrected chi connectivity index (χ0v) is 11.4. The normalized spacial score (nSPS) is 29.5. The summed E-state index contributed by atoms with van der Waals surface area (Å²) in [5.41, 5.74) is 5.50. The molecule has 2 nitrogen and oxygen atoms in total. The molecule has 2 bridgehead atoms. The Morgan fingerprint density at radius 1 is 0.882 bits per heavy atom. The van der Waals surface area contributed by atoms with E-state index in [9.17, 15) is 0 Å². The molecular weight excluding hydrogens is 208 g/mol. The molecule has 0 radical (unpaired) electrons. The molecule has 17 heavy (non-hydrogen) atoms. The third-order valence-electron chi connectivity index (χ3n) is 4.60. The van der Waals surface area contributed by atoms with Crippen LogP contribution in [0.4, 0.5) is 0 Å². The zero-order valence-electron chi connectivity index (χ0n) is 11.4. The molecule has 1 aliphatic carbocycles. The van der Waals surface area contributed by atoms with Gasteiger partial charge in [-0.2, -0.15) is 0 Å². The fourth-order valence-corrected chi connectivity index (χ4v) is 3.73. The summed E-state index contributed by atoms with van der Waals surface area (Å²) in [7, 11) is 0. The molecule has 2 atom stereocenters. The van der Waals surface area contributed by atoms with E-state index in [1.54, 1.807) is 0 Å². The Kier molecular flexibility index (Phi) is 5.79. The average Bonchev–Trinajstić information content (AvgIpc) is 2.33. The first-order valence-electron chi connectivity index (χ1n) is 7.81. The highest BCUT2D eigenvalue weighted by molar-refractivity contribution is 4.83. The van der Waals surface area contributed by atoms with Crippen molar-refractivity contribution in [3.05, 3.63) is 0 Å². The van der Waals surface area contributed by atoms with Gasteiger partial charge < -0.3 is 10.6 Å². The number of hydrogen-bond acceptors (Lipinski definition) is 2. The molecule has 1 saturated carbocycles. The molecule has 2 aliphatic rings. The fourth-order valence-electron chi connectivity index (χ4n) is 3.73. The number of nitrogens with two attached hydrogens (primary N) is 1. The quantitative estimate of drug-likeness (QED) is 0.691. The fraction of sp³-hybridized carbons (Fsp3) is 1.00. The highest BCUT2D eigenvalue weighted by Crippen LogP contribution is 2.34. The smallest absolute Gasteiger partial charge is 0.000988 e. The molecule has 1 heterocycles. The lowest BCUT2D eigenvalue weighted by atomic mass is 9.78. The topological polar surface area (TPSA) is 29.3 Å². The van der Waals surface area contributed by atoms with Crippen molar-refractivity contribution >= 4 is 0 Å². The van der Waals surface area contributed by atoms with E-state index in [0.717, 1.165) is 18.4 Å². The van der Waals surface area contributed by atoms with E-state index in [2.05, 4.69) is 4.90 Å². The van der Waals surface area contributed by atoms with E-state index in [-0.39, 0.29) is 0 Å². The predicted molar refractivity (Wildman–Crippen MR) is 74.0 cm³/mol. The van der Waals surface area contributed by atoms with Gasteiger partial charge >= 0.3 is 0 Å². The largest absolute Gasteiger partial charge is 0.330 e. The molecule has 0 aromatic carbocycles. The number of rotatable bonds is 7. The van der Waals surface area contributed by atoms with Gasteiger partial charge in [0.1, 0.15) is 0 Å². The van der Waals surface area contributed by atoms with E-state index < -0.39 is 0 Å². The van der Waals surface area contributed by atoms with E-state index in [1.165, 1.54) is 77.4 Å². The number of nitrogens with zero attached hydrogens (tertiary/aromatic N) is 1. The molecule has 0 aromatic heterocycles. The second-order valence-corrected chi connectivity index (χ2v) is 6.21. The lowest BCUT2D eigenvalue weighted by Gasteiger charge is -2.41. The summed E-state index contributed by atoms with van der Waals surface area (Å²) < 4.78 is 0. The van der Waals surface area contributed by atoms with Crippen LogP contribution in [0.15, 0.2) is 0 Å². The monoisotopic (exact) mass is 238 g/mol. The second-order valence-electron chi connectivity index (χ2n) is 6.21. The standard InChI is InChI=1S/C15H30N2/c16-9-4-2-1-3-5-10-17-12-14-7-6-8-15(11-14)13-17/h14-15H,1-13,16H2. The van der Waals surface area contributed by atoms with Crippen LogP contribution in [-0.4, -0.2) is 31.1 Å². The minimum absolute atomic E-state index is 0.871. The minimum Gasteiger partial charge on any atom is -0.330 e. The predicted octanol–water partition coefficient (Wildman–Crippen LogP) is 3.02. The summed E-state index contributed by atoms with van der Waals surface area (Å²) >= 11 is 0. The summed E-state index contributed by atoms with van der Waals surface area (Å²) in [5.74, 6) is 2.08. The Balaban J connectivity index is 1.54. The van der Waals surface area contributed by atoms with E-state index in [4.69, 9.17) is 5.73 Å². The van der Waals surface area contributed by atoms with Crippen LogP contribution in [0.25, 0.3) is 0 Å². The Bertz CT molecular complexity index is 193. The van der Waals surface area contributed by atoms with Crippen LogP contribution >= 0.6 is 0 Å². The first-order valence-corrected chi connectivity index (χ1v) is 7.81. The number of unbranched alkanes of at least 4 members (excludes halogenated alkanes) is 4. The first kappa shape index (κ1) is 13.4. The summed E-state index contributed by atoms with van der Waals surface area (Å²) in [4.78, 5) is 2.75. The molecule has 1 aliphatic heterocycles. The van der Waals surface area contributed by atoms with Gasteiger partial charge in [-0.25, -0.2) is 0 Å². The maximum Gasteiger partial charge on any atom is 0.000988 e. The minimum atomic E-state index is 0.871.